The third-order valence-corrected chi connectivity index (χ3v) is 5.49. The molecule has 8 heteroatoms. The highest BCUT2D eigenvalue weighted by atomic mass is 35.5. The first kappa shape index (κ1) is 17.3. The second kappa shape index (κ2) is 7.23. The Bertz CT molecular complexity index is 795. The fourth-order valence-corrected chi connectivity index (χ4v) is 3.72. The molecule has 138 valence electrons. The van der Waals surface area contributed by atoms with Crippen molar-refractivity contribution in [2.24, 2.45) is 5.92 Å². The molecule has 0 aromatic carbocycles. The van der Waals surface area contributed by atoms with Gasteiger partial charge in [-0.2, -0.15) is 5.10 Å². The van der Waals surface area contributed by atoms with E-state index in [2.05, 4.69) is 25.7 Å². The molecule has 2 aromatic rings. The predicted molar refractivity (Wildman–Crippen MR) is 100.0 cm³/mol. The van der Waals surface area contributed by atoms with Crippen molar-refractivity contribution in [2.45, 2.75) is 50.6 Å². The molecule has 26 heavy (non-hydrogen) atoms. The number of hydrogen-bond donors (Lipinski definition) is 2. The second-order valence-electron chi connectivity index (χ2n) is 7.14. The molecule has 2 aliphatic carbocycles. The Hall–Kier alpha value is -2.15. The summed E-state index contributed by atoms with van der Waals surface area (Å²) in [6, 6.07) is 0.802. The lowest BCUT2D eigenvalue weighted by molar-refractivity contribution is -0.125. The lowest BCUT2D eigenvalue weighted by Crippen LogP contribution is -2.34. The number of nitrogens with zero attached hydrogens (tertiary/aromatic N) is 4. The maximum absolute atomic E-state index is 11.7. The van der Waals surface area contributed by atoms with Crippen LogP contribution in [0.3, 0.4) is 0 Å². The molecular weight excluding hydrogens is 352 g/mol. The molecule has 0 saturated heterocycles. The normalized spacial score (nSPS) is 22.8. The average molecular weight is 375 g/mol. The van der Waals surface area contributed by atoms with Crippen LogP contribution in [0.15, 0.2) is 18.6 Å². The molecule has 0 bridgehead atoms. The van der Waals surface area contributed by atoms with Crippen molar-refractivity contribution >= 4 is 23.5 Å². The summed E-state index contributed by atoms with van der Waals surface area (Å²) in [5, 5.41) is 11.1. The molecule has 0 unspecified atom stereocenters. The summed E-state index contributed by atoms with van der Waals surface area (Å²) < 4.78 is 1.99. The van der Waals surface area contributed by atoms with E-state index in [-0.39, 0.29) is 17.9 Å². The summed E-state index contributed by atoms with van der Waals surface area (Å²) in [6.07, 6.45) is 11.4. The van der Waals surface area contributed by atoms with Gasteiger partial charge in [0.2, 0.25) is 11.9 Å². The van der Waals surface area contributed by atoms with Crippen LogP contribution in [0.2, 0.25) is 5.02 Å². The van der Waals surface area contributed by atoms with E-state index in [1.807, 2.05) is 17.1 Å². The summed E-state index contributed by atoms with van der Waals surface area (Å²) in [5.41, 5.74) is 1.62. The molecule has 2 aliphatic rings. The maximum Gasteiger partial charge on any atom is 0.223 e. The molecule has 4 rings (SSSR count). The summed E-state index contributed by atoms with van der Waals surface area (Å²) in [6.45, 7) is 0. The first-order chi connectivity index (χ1) is 12.6. The van der Waals surface area contributed by atoms with Crippen molar-refractivity contribution in [1.82, 2.24) is 25.1 Å². The average Bonchev–Trinajstić information content (AvgIpc) is 3.40. The quantitative estimate of drug-likeness (QED) is 0.840. The van der Waals surface area contributed by atoms with Crippen molar-refractivity contribution in [3.63, 3.8) is 0 Å². The highest BCUT2D eigenvalue weighted by Gasteiger charge is 2.27. The molecular formula is C18H23ClN6O. The molecule has 7 nitrogen and oxygen atoms in total. The van der Waals surface area contributed by atoms with E-state index in [0.717, 1.165) is 31.2 Å². The minimum absolute atomic E-state index is 0.119. The molecule has 0 spiro atoms. The highest BCUT2D eigenvalue weighted by Crippen LogP contribution is 2.36. The van der Waals surface area contributed by atoms with E-state index in [4.69, 9.17) is 11.6 Å². The molecule has 0 atom stereocenters. The standard InChI is InChI=1S/C18H23ClN6O/c1-20-17(26)11-2-4-13(5-3-11)23-18-21-9-15(19)16(24-18)12-8-22-25(10-12)14-6-7-14/h8-11,13-14H,2-7H2,1H3,(H,20,26)(H,21,23,24). The Morgan fingerprint density at radius 3 is 2.65 bits per heavy atom. The number of anilines is 1. The topological polar surface area (TPSA) is 84.7 Å². The molecule has 0 radical (unpaired) electrons. The lowest BCUT2D eigenvalue weighted by Gasteiger charge is -2.28. The van der Waals surface area contributed by atoms with E-state index >= 15 is 0 Å². The third-order valence-electron chi connectivity index (χ3n) is 5.22. The van der Waals surface area contributed by atoms with Gasteiger partial charge in [-0.05, 0) is 38.5 Å². The number of nitrogens with one attached hydrogen (secondary N) is 2. The van der Waals surface area contributed by atoms with Gasteiger partial charge < -0.3 is 10.6 Å². The zero-order valence-electron chi connectivity index (χ0n) is 14.8. The van der Waals surface area contributed by atoms with Gasteiger partial charge in [-0.25, -0.2) is 9.97 Å². The summed E-state index contributed by atoms with van der Waals surface area (Å²) >= 11 is 6.31. The molecule has 2 heterocycles. The fourth-order valence-electron chi connectivity index (χ4n) is 3.52. The van der Waals surface area contributed by atoms with Crippen LogP contribution in [0.25, 0.3) is 11.3 Å². The number of carbonyl (C=O) groups excluding carboxylic acids is 1. The first-order valence-corrected chi connectivity index (χ1v) is 9.57. The van der Waals surface area contributed by atoms with Crippen LogP contribution in [0, 0.1) is 5.92 Å². The van der Waals surface area contributed by atoms with Gasteiger partial charge >= 0.3 is 0 Å². The van der Waals surface area contributed by atoms with Gasteiger partial charge in [-0.3, -0.25) is 9.48 Å². The largest absolute Gasteiger partial charge is 0.359 e. The number of rotatable bonds is 5. The molecule has 1 amide bonds. The summed E-state index contributed by atoms with van der Waals surface area (Å²) in [7, 11) is 1.70. The lowest BCUT2D eigenvalue weighted by atomic mass is 9.85. The van der Waals surface area contributed by atoms with Crippen LogP contribution in [0.4, 0.5) is 5.95 Å². The number of aromatic nitrogens is 4. The second-order valence-corrected chi connectivity index (χ2v) is 7.54. The van der Waals surface area contributed by atoms with Gasteiger partial charge in [-0.15, -0.1) is 0 Å². The maximum atomic E-state index is 11.7. The zero-order valence-corrected chi connectivity index (χ0v) is 15.5. The van der Waals surface area contributed by atoms with E-state index < -0.39 is 0 Å². The number of amides is 1. The van der Waals surface area contributed by atoms with Crippen molar-refractivity contribution in [3.8, 4) is 11.3 Å². The summed E-state index contributed by atoms with van der Waals surface area (Å²) in [4.78, 5) is 20.7. The SMILES string of the molecule is CNC(=O)C1CCC(Nc2ncc(Cl)c(-c3cnn(C4CC4)c3)n2)CC1. The van der Waals surface area contributed by atoms with Crippen LogP contribution in [-0.4, -0.2) is 38.7 Å². The third kappa shape index (κ3) is 3.67. The van der Waals surface area contributed by atoms with Crippen LogP contribution in [0.1, 0.15) is 44.6 Å². The number of hydrogen-bond acceptors (Lipinski definition) is 5. The molecule has 2 aromatic heterocycles. The monoisotopic (exact) mass is 374 g/mol. The Balaban J connectivity index is 1.44. The van der Waals surface area contributed by atoms with Gasteiger partial charge in [0, 0.05) is 30.8 Å². The molecule has 2 fully saturated rings. The van der Waals surface area contributed by atoms with Gasteiger partial charge in [-0.1, -0.05) is 11.6 Å². The van der Waals surface area contributed by atoms with Gasteiger partial charge in [0.05, 0.1) is 29.2 Å². The zero-order chi connectivity index (χ0) is 18.1. The van der Waals surface area contributed by atoms with E-state index in [0.29, 0.717) is 22.7 Å². The van der Waals surface area contributed by atoms with Gasteiger partial charge in [0.1, 0.15) is 0 Å². The van der Waals surface area contributed by atoms with Crippen LogP contribution >= 0.6 is 11.6 Å². The van der Waals surface area contributed by atoms with E-state index in [1.54, 1.807) is 13.2 Å². The number of carbonyl (C=O) groups is 1. The van der Waals surface area contributed by atoms with Crippen molar-refractivity contribution < 1.29 is 4.79 Å². The fraction of sp³-hybridized carbons (Fsp3) is 0.556. The molecule has 0 aliphatic heterocycles. The molecule has 2 saturated carbocycles. The molecule has 2 N–H and O–H groups in total. The van der Waals surface area contributed by atoms with Crippen LogP contribution in [-0.2, 0) is 4.79 Å². The first-order valence-electron chi connectivity index (χ1n) is 9.19. The van der Waals surface area contributed by atoms with Crippen LogP contribution < -0.4 is 10.6 Å². The minimum atomic E-state index is 0.119. The Labute approximate surface area is 157 Å². The number of halogens is 1. The van der Waals surface area contributed by atoms with Crippen LogP contribution in [0.5, 0.6) is 0 Å². The van der Waals surface area contributed by atoms with Crippen molar-refractivity contribution in [3.05, 3.63) is 23.6 Å². The van der Waals surface area contributed by atoms with E-state index in [1.165, 1.54) is 12.8 Å². The summed E-state index contributed by atoms with van der Waals surface area (Å²) in [5.74, 6) is 0.834. The predicted octanol–water partition coefficient (Wildman–Crippen LogP) is 3.05. The van der Waals surface area contributed by atoms with Crippen molar-refractivity contribution in [1.29, 1.82) is 0 Å². The smallest absolute Gasteiger partial charge is 0.223 e. The van der Waals surface area contributed by atoms with Gasteiger partial charge in [0.25, 0.3) is 0 Å². The van der Waals surface area contributed by atoms with Crippen molar-refractivity contribution in [2.75, 3.05) is 12.4 Å². The minimum Gasteiger partial charge on any atom is -0.359 e. The Kier molecular flexibility index (Phi) is 4.80. The van der Waals surface area contributed by atoms with Gasteiger partial charge in [0.15, 0.2) is 0 Å². The Morgan fingerprint density at radius 2 is 1.96 bits per heavy atom. The van der Waals surface area contributed by atoms with E-state index in [9.17, 15) is 4.79 Å². The Morgan fingerprint density at radius 1 is 1.19 bits per heavy atom. The highest BCUT2D eigenvalue weighted by molar-refractivity contribution is 6.32.